The van der Waals surface area contributed by atoms with Crippen LogP contribution in [0.1, 0.15) is 60.8 Å². The fourth-order valence-electron chi connectivity index (χ4n) is 1.60. The van der Waals surface area contributed by atoms with Crippen LogP contribution in [0.15, 0.2) is 0 Å². The molecule has 4 nitrogen and oxygen atoms in total. The molecule has 1 N–H and O–H groups in total. The zero-order valence-corrected chi connectivity index (χ0v) is 12.5. The van der Waals surface area contributed by atoms with Gasteiger partial charge in [0, 0.05) is 12.5 Å². The van der Waals surface area contributed by atoms with E-state index in [2.05, 4.69) is 19.2 Å². The highest BCUT2D eigenvalue weighted by atomic mass is 16.6. The van der Waals surface area contributed by atoms with Crippen LogP contribution in [-0.4, -0.2) is 23.5 Å². The van der Waals surface area contributed by atoms with Gasteiger partial charge in [0.15, 0.2) is 0 Å². The van der Waals surface area contributed by atoms with Gasteiger partial charge in [-0.15, -0.1) is 0 Å². The van der Waals surface area contributed by atoms with Gasteiger partial charge in [0.1, 0.15) is 11.4 Å². The standard InChI is InChI=1S/C14H27NO3/c1-10(2)12(9-7-8-11(3)16)15-13(17)18-14(4,5)6/h10,12H,7-9H2,1-6H3,(H,15,17)/t12-/m1/s1. The maximum Gasteiger partial charge on any atom is 0.407 e. The molecule has 0 aliphatic rings. The summed E-state index contributed by atoms with van der Waals surface area (Å²) >= 11 is 0. The third kappa shape index (κ3) is 9.02. The molecule has 0 bridgehead atoms. The minimum absolute atomic E-state index is 0.0548. The van der Waals surface area contributed by atoms with E-state index < -0.39 is 5.60 Å². The molecule has 0 aromatic heterocycles. The van der Waals surface area contributed by atoms with E-state index in [1.807, 2.05) is 20.8 Å². The van der Waals surface area contributed by atoms with Crippen LogP contribution in [0.25, 0.3) is 0 Å². The molecule has 106 valence electrons. The van der Waals surface area contributed by atoms with Crippen molar-refractivity contribution >= 4 is 11.9 Å². The predicted molar refractivity (Wildman–Crippen MR) is 72.5 cm³/mol. The molecule has 0 saturated carbocycles. The lowest BCUT2D eigenvalue weighted by atomic mass is 9.98. The molecule has 0 rings (SSSR count). The Morgan fingerprint density at radius 3 is 2.17 bits per heavy atom. The van der Waals surface area contributed by atoms with Crippen molar-refractivity contribution in [1.29, 1.82) is 0 Å². The third-order valence-electron chi connectivity index (χ3n) is 2.55. The lowest BCUT2D eigenvalue weighted by Crippen LogP contribution is -2.41. The topological polar surface area (TPSA) is 55.4 Å². The number of alkyl carbamates (subject to hydrolysis) is 1. The lowest BCUT2D eigenvalue weighted by Gasteiger charge is -2.25. The van der Waals surface area contributed by atoms with Gasteiger partial charge in [-0.05, 0) is 46.5 Å². The van der Waals surface area contributed by atoms with Crippen LogP contribution >= 0.6 is 0 Å². The highest BCUT2D eigenvalue weighted by molar-refractivity contribution is 5.75. The normalized spacial score (nSPS) is 13.3. The summed E-state index contributed by atoms with van der Waals surface area (Å²) in [6.07, 6.45) is 1.79. The Kier molecular flexibility index (Phi) is 6.96. The van der Waals surface area contributed by atoms with Gasteiger partial charge in [0.2, 0.25) is 0 Å². The monoisotopic (exact) mass is 257 g/mol. The molecule has 0 heterocycles. The molecule has 4 heteroatoms. The lowest BCUT2D eigenvalue weighted by molar-refractivity contribution is -0.117. The van der Waals surface area contributed by atoms with E-state index in [4.69, 9.17) is 4.74 Å². The molecule has 0 aliphatic carbocycles. The molecule has 0 aromatic carbocycles. The summed E-state index contributed by atoms with van der Waals surface area (Å²) in [5, 5.41) is 2.87. The Labute approximate surface area is 110 Å². The molecule has 1 amide bonds. The van der Waals surface area contributed by atoms with Crippen molar-refractivity contribution in [2.75, 3.05) is 0 Å². The number of hydrogen-bond acceptors (Lipinski definition) is 3. The molecule has 18 heavy (non-hydrogen) atoms. The summed E-state index contributed by atoms with van der Waals surface area (Å²) in [4.78, 5) is 22.6. The van der Waals surface area contributed by atoms with Gasteiger partial charge in [-0.25, -0.2) is 4.79 Å². The van der Waals surface area contributed by atoms with Gasteiger partial charge in [-0.3, -0.25) is 0 Å². The minimum atomic E-state index is -0.481. The van der Waals surface area contributed by atoms with E-state index >= 15 is 0 Å². The third-order valence-corrected chi connectivity index (χ3v) is 2.55. The highest BCUT2D eigenvalue weighted by Gasteiger charge is 2.21. The van der Waals surface area contributed by atoms with Gasteiger partial charge in [-0.1, -0.05) is 13.8 Å². The fraction of sp³-hybridized carbons (Fsp3) is 0.857. The maximum atomic E-state index is 11.7. The van der Waals surface area contributed by atoms with Crippen molar-refractivity contribution in [3.05, 3.63) is 0 Å². The largest absolute Gasteiger partial charge is 0.444 e. The van der Waals surface area contributed by atoms with E-state index in [1.165, 1.54) is 0 Å². The summed E-state index contributed by atoms with van der Waals surface area (Å²) < 4.78 is 5.23. The van der Waals surface area contributed by atoms with Crippen molar-refractivity contribution < 1.29 is 14.3 Å². The molecular formula is C14H27NO3. The Bertz CT molecular complexity index is 279. The van der Waals surface area contributed by atoms with E-state index in [9.17, 15) is 9.59 Å². The summed E-state index contributed by atoms with van der Waals surface area (Å²) in [5.74, 6) is 0.513. The summed E-state index contributed by atoms with van der Waals surface area (Å²) in [7, 11) is 0. The average molecular weight is 257 g/mol. The minimum Gasteiger partial charge on any atom is -0.444 e. The number of nitrogens with one attached hydrogen (secondary N) is 1. The van der Waals surface area contributed by atoms with Gasteiger partial charge in [-0.2, -0.15) is 0 Å². The summed E-state index contributed by atoms with van der Waals surface area (Å²) in [6.45, 7) is 11.2. The summed E-state index contributed by atoms with van der Waals surface area (Å²) in [6, 6.07) is 0.0548. The highest BCUT2D eigenvalue weighted by Crippen LogP contribution is 2.13. The number of carbonyl (C=O) groups is 2. The van der Waals surface area contributed by atoms with Crippen LogP contribution in [0.4, 0.5) is 4.79 Å². The van der Waals surface area contributed by atoms with Gasteiger partial charge >= 0.3 is 6.09 Å². The average Bonchev–Trinajstić information content (AvgIpc) is 2.12. The molecule has 1 atom stereocenters. The van der Waals surface area contributed by atoms with Crippen LogP contribution in [0.5, 0.6) is 0 Å². The second kappa shape index (κ2) is 7.39. The van der Waals surface area contributed by atoms with Crippen LogP contribution in [0.3, 0.4) is 0 Å². The van der Waals surface area contributed by atoms with E-state index in [-0.39, 0.29) is 17.9 Å². The van der Waals surface area contributed by atoms with Crippen molar-refractivity contribution in [2.45, 2.75) is 72.4 Å². The SMILES string of the molecule is CC(=O)CCC[C@@H](NC(=O)OC(C)(C)C)C(C)C. The second-order valence-electron chi connectivity index (χ2n) is 6.09. The second-order valence-corrected chi connectivity index (χ2v) is 6.09. The van der Waals surface area contributed by atoms with Gasteiger partial charge in [0.05, 0.1) is 0 Å². The van der Waals surface area contributed by atoms with Crippen LogP contribution in [0.2, 0.25) is 0 Å². The fourth-order valence-corrected chi connectivity index (χ4v) is 1.60. The van der Waals surface area contributed by atoms with E-state index in [0.29, 0.717) is 12.3 Å². The maximum absolute atomic E-state index is 11.7. The van der Waals surface area contributed by atoms with E-state index in [1.54, 1.807) is 6.92 Å². The first-order chi connectivity index (χ1) is 8.11. The Balaban J connectivity index is 4.19. The van der Waals surface area contributed by atoms with Crippen molar-refractivity contribution in [2.24, 2.45) is 5.92 Å². The molecule has 0 aromatic rings. The van der Waals surface area contributed by atoms with Gasteiger partial charge in [0.25, 0.3) is 0 Å². The van der Waals surface area contributed by atoms with Gasteiger partial charge < -0.3 is 14.8 Å². The number of hydrogen-bond donors (Lipinski definition) is 1. The Hall–Kier alpha value is -1.06. The molecule has 0 fully saturated rings. The van der Waals surface area contributed by atoms with Crippen molar-refractivity contribution in [3.63, 3.8) is 0 Å². The molecule has 0 unspecified atom stereocenters. The zero-order valence-electron chi connectivity index (χ0n) is 12.5. The number of ketones is 1. The molecule has 0 spiro atoms. The quantitative estimate of drug-likeness (QED) is 0.794. The number of amides is 1. The first kappa shape index (κ1) is 16.9. The van der Waals surface area contributed by atoms with Crippen molar-refractivity contribution in [1.82, 2.24) is 5.32 Å². The van der Waals surface area contributed by atoms with Crippen LogP contribution in [-0.2, 0) is 9.53 Å². The molecule has 0 radical (unpaired) electrons. The molecule has 0 saturated heterocycles. The number of carbonyl (C=O) groups excluding carboxylic acids is 2. The molecular weight excluding hydrogens is 230 g/mol. The zero-order chi connectivity index (χ0) is 14.3. The van der Waals surface area contributed by atoms with Crippen LogP contribution < -0.4 is 5.32 Å². The number of Topliss-reactive ketones (excluding diaryl/α,β-unsaturated/α-hetero) is 1. The Morgan fingerprint density at radius 1 is 1.22 bits per heavy atom. The first-order valence-electron chi connectivity index (χ1n) is 6.61. The predicted octanol–water partition coefficient (Wildman–Crippen LogP) is 3.30. The Morgan fingerprint density at radius 2 is 1.78 bits per heavy atom. The van der Waals surface area contributed by atoms with Crippen molar-refractivity contribution in [3.8, 4) is 0 Å². The molecule has 0 aliphatic heterocycles. The van der Waals surface area contributed by atoms with Crippen LogP contribution in [0, 0.1) is 5.92 Å². The number of ether oxygens (including phenoxy) is 1. The summed E-state index contributed by atoms with van der Waals surface area (Å²) in [5.41, 5.74) is -0.481. The number of rotatable bonds is 6. The van der Waals surface area contributed by atoms with E-state index in [0.717, 1.165) is 12.8 Å². The smallest absolute Gasteiger partial charge is 0.407 e. The first-order valence-corrected chi connectivity index (χ1v) is 6.61.